The van der Waals surface area contributed by atoms with Crippen LogP contribution in [0.2, 0.25) is 0 Å². The lowest BCUT2D eigenvalue weighted by Gasteiger charge is -2.12. The topological polar surface area (TPSA) is 104 Å². The van der Waals surface area contributed by atoms with Crippen molar-refractivity contribution in [2.24, 2.45) is 5.84 Å². The van der Waals surface area contributed by atoms with Crippen molar-refractivity contribution in [1.82, 2.24) is 15.0 Å². The number of aromatic nitrogens is 3. The van der Waals surface area contributed by atoms with E-state index in [1.54, 1.807) is 0 Å². The minimum absolute atomic E-state index is 0.0371. The molecule has 100 valence electrons. The average molecular weight is 255 g/mol. The molecule has 0 amide bonds. The van der Waals surface area contributed by atoms with Crippen LogP contribution in [0, 0.1) is 0 Å². The molecule has 8 nitrogen and oxygen atoms in total. The highest BCUT2D eigenvalue weighted by Gasteiger charge is 2.19. The van der Waals surface area contributed by atoms with Gasteiger partial charge in [0, 0.05) is 6.42 Å². The van der Waals surface area contributed by atoms with Crippen molar-refractivity contribution in [3.8, 4) is 12.0 Å². The molecule has 0 bridgehead atoms. The van der Waals surface area contributed by atoms with E-state index in [0.717, 1.165) is 6.42 Å². The Kier molecular flexibility index (Phi) is 4.11. The highest BCUT2D eigenvalue weighted by Crippen LogP contribution is 2.17. The minimum Gasteiger partial charge on any atom is -0.461 e. The summed E-state index contributed by atoms with van der Waals surface area (Å²) in [6.07, 6.45) is 0.739. The van der Waals surface area contributed by atoms with Gasteiger partial charge in [0.2, 0.25) is 5.95 Å². The van der Waals surface area contributed by atoms with Crippen LogP contribution in [0.4, 0.5) is 5.95 Å². The summed E-state index contributed by atoms with van der Waals surface area (Å²) in [5.41, 5.74) is 2.35. The Morgan fingerprint density at radius 3 is 2.72 bits per heavy atom. The predicted octanol–water partition coefficient (Wildman–Crippen LogP) is 0.112. The maximum atomic E-state index is 5.58. The Morgan fingerprint density at radius 2 is 2.11 bits per heavy atom. The average Bonchev–Trinajstić information content (AvgIpc) is 2.80. The second kappa shape index (κ2) is 5.78. The summed E-state index contributed by atoms with van der Waals surface area (Å²) < 4.78 is 16.2. The van der Waals surface area contributed by atoms with Gasteiger partial charge in [-0.2, -0.15) is 9.97 Å². The van der Waals surface area contributed by atoms with Gasteiger partial charge in [0.25, 0.3) is 0 Å². The maximum absolute atomic E-state index is 5.58. The molecule has 1 aliphatic heterocycles. The SMILES string of the molecule is CC(C)Oc1nc(NN)nc(OC2CCOC2)n1. The van der Waals surface area contributed by atoms with E-state index in [0.29, 0.717) is 13.2 Å². The highest BCUT2D eigenvalue weighted by molar-refractivity contribution is 5.25. The van der Waals surface area contributed by atoms with Gasteiger partial charge in [-0.25, -0.2) is 5.84 Å². The molecule has 8 heteroatoms. The molecule has 2 rings (SSSR count). The van der Waals surface area contributed by atoms with Crippen LogP contribution in [0.15, 0.2) is 0 Å². The van der Waals surface area contributed by atoms with Crippen LogP contribution in [0.25, 0.3) is 0 Å². The van der Waals surface area contributed by atoms with Crippen molar-refractivity contribution in [3.63, 3.8) is 0 Å². The molecule has 1 atom stereocenters. The summed E-state index contributed by atoms with van der Waals surface area (Å²) in [5, 5.41) is 0. The fourth-order valence-electron chi connectivity index (χ4n) is 1.47. The van der Waals surface area contributed by atoms with E-state index in [9.17, 15) is 0 Å². The molecule has 0 aliphatic carbocycles. The summed E-state index contributed by atoms with van der Waals surface area (Å²) >= 11 is 0. The standard InChI is InChI=1S/C10H17N5O3/c1-6(2)17-9-12-8(15-11)13-10(14-9)18-7-3-4-16-5-7/h6-7H,3-5,11H2,1-2H3,(H,12,13,14,15). The fourth-order valence-corrected chi connectivity index (χ4v) is 1.47. The third kappa shape index (κ3) is 3.41. The lowest BCUT2D eigenvalue weighted by molar-refractivity contribution is 0.131. The van der Waals surface area contributed by atoms with Crippen molar-refractivity contribution < 1.29 is 14.2 Å². The number of hydrogen-bond acceptors (Lipinski definition) is 8. The van der Waals surface area contributed by atoms with E-state index in [4.69, 9.17) is 20.1 Å². The monoisotopic (exact) mass is 255 g/mol. The van der Waals surface area contributed by atoms with Gasteiger partial charge < -0.3 is 14.2 Å². The largest absolute Gasteiger partial charge is 0.461 e. The molecule has 1 saturated heterocycles. The first-order valence-corrected chi connectivity index (χ1v) is 5.81. The Hall–Kier alpha value is -1.67. The first-order valence-electron chi connectivity index (χ1n) is 5.81. The van der Waals surface area contributed by atoms with Gasteiger partial charge in [-0.3, -0.25) is 5.43 Å². The quantitative estimate of drug-likeness (QED) is 0.564. The number of hydrogen-bond donors (Lipinski definition) is 2. The lowest BCUT2D eigenvalue weighted by Crippen LogP contribution is -2.20. The molecule has 1 aromatic heterocycles. The summed E-state index contributed by atoms with van der Waals surface area (Å²) in [6, 6.07) is 0.367. The van der Waals surface area contributed by atoms with E-state index in [-0.39, 0.29) is 30.2 Å². The summed E-state index contributed by atoms with van der Waals surface area (Å²) in [5.74, 6) is 5.49. The van der Waals surface area contributed by atoms with Crippen LogP contribution in [-0.2, 0) is 4.74 Å². The van der Waals surface area contributed by atoms with E-state index in [2.05, 4.69) is 20.4 Å². The second-order valence-electron chi connectivity index (χ2n) is 4.14. The fraction of sp³-hybridized carbons (Fsp3) is 0.700. The molecular weight excluding hydrogens is 238 g/mol. The molecular formula is C10H17N5O3. The molecule has 18 heavy (non-hydrogen) atoms. The van der Waals surface area contributed by atoms with Gasteiger partial charge >= 0.3 is 12.0 Å². The summed E-state index contributed by atoms with van der Waals surface area (Å²) in [6.45, 7) is 4.99. The zero-order chi connectivity index (χ0) is 13.0. The first kappa shape index (κ1) is 12.8. The van der Waals surface area contributed by atoms with Crippen molar-refractivity contribution in [2.45, 2.75) is 32.5 Å². The smallest absolute Gasteiger partial charge is 0.324 e. The van der Waals surface area contributed by atoms with E-state index < -0.39 is 0 Å². The molecule has 1 aliphatic rings. The van der Waals surface area contributed by atoms with Crippen LogP contribution in [0.1, 0.15) is 20.3 Å². The molecule has 0 saturated carbocycles. The Bertz CT molecular complexity index is 395. The maximum Gasteiger partial charge on any atom is 0.324 e. The number of ether oxygens (including phenoxy) is 3. The Balaban J connectivity index is 2.11. The number of nitrogens with two attached hydrogens (primary N) is 1. The zero-order valence-corrected chi connectivity index (χ0v) is 10.4. The molecule has 1 fully saturated rings. The minimum atomic E-state index is -0.0410. The van der Waals surface area contributed by atoms with Gasteiger partial charge in [-0.05, 0) is 13.8 Å². The number of hydrazine groups is 1. The van der Waals surface area contributed by atoms with Crippen LogP contribution < -0.4 is 20.7 Å². The van der Waals surface area contributed by atoms with E-state index in [1.807, 2.05) is 13.8 Å². The molecule has 1 aromatic rings. The third-order valence-electron chi connectivity index (χ3n) is 2.22. The predicted molar refractivity (Wildman–Crippen MR) is 63.3 cm³/mol. The number of nitrogens with zero attached hydrogens (tertiary/aromatic N) is 3. The third-order valence-corrected chi connectivity index (χ3v) is 2.22. The van der Waals surface area contributed by atoms with Crippen LogP contribution in [0.5, 0.6) is 12.0 Å². The van der Waals surface area contributed by atoms with Crippen molar-refractivity contribution in [2.75, 3.05) is 18.6 Å². The number of rotatable bonds is 5. The molecule has 0 aromatic carbocycles. The van der Waals surface area contributed by atoms with Gasteiger partial charge in [0.05, 0.1) is 19.3 Å². The number of nitrogen functional groups attached to an aromatic ring is 1. The lowest BCUT2D eigenvalue weighted by atomic mass is 10.3. The number of nitrogens with one attached hydrogen (secondary N) is 1. The van der Waals surface area contributed by atoms with Gasteiger partial charge in [-0.15, -0.1) is 4.98 Å². The normalized spacial score (nSPS) is 19.0. The van der Waals surface area contributed by atoms with Gasteiger partial charge in [0.15, 0.2) is 0 Å². The zero-order valence-electron chi connectivity index (χ0n) is 10.4. The van der Waals surface area contributed by atoms with Crippen molar-refractivity contribution in [1.29, 1.82) is 0 Å². The molecule has 2 heterocycles. The van der Waals surface area contributed by atoms with Crippen molar-refractivity contribution >= 4 is 5.95 Å². The molecule has 0 spiro atoms. The summed E-state index contributed by atoms with van der Waals surface area (Å²) in [7, 11) is 0. The van der Waals surface area contributed by atoms with E-state index >= 15 is 0 Å². The molecule has 3 N–H and O–H groups in total. The Labute approximate surface area is 105 Å². The van der Waals surface area contributed by atoms with Crippen molar-refractivity contribution in [3.05, 3.63) is 0 Å². The second-order valence-corrected chi connectivity index (χ2v) is 4.14. The highest BCUT2D eigenvalue weighted by atomic mass is 16.6. The van der Waals surface area contributed by atoms with Crippen LogP contribution >= 0.6 is 0 Å². The van der Waals surface area contributed by atoms with Gasteiger partial charge in [-0.1, -0.05) is 0 Å². The Morgan fingerprint density at radius 1 is 1.33 bits per heavy atom. The van der Waals surface area contributed by atoms with Gasteiger partial charge in [0.1, 0.15) is 6.10 Å². The van der Waals surface area contributed by atoms with Crippen LogP contribution in [-0.4, -0.2) is 40.4 Å². The molecule has 0 radical (unpaired) electrons. The number of anilines is 1. The van der Waals surface area contributed by atoms with E-state index in [1.165, 1.54) is 0 Å². The molecule has 1 unspecified atom stereocenters. The van der Waals surface area contributed by atoms with Crippen LogP contribution in [0.3, 0.4) is 0 Å². The summed E-state index contributed by atoms with van der Waals surface area (Å²) in [4.78, 5) is 12.0. The first-order chi connectivity index (χ1) is 8.67.